The van der Waals surface area contributed by atoms with Gasteiger partial charge in [-0.15, -0.1) is 0 Å². The number of hydrogen-bond donors (Lipinski definition) is 1. The number of aliphatic hydroxyl groups is 1. The highest BCUT2D eigenvalue weighted by atomic mass is 16.3. The highest BCUT2D eigenvalue weighted by Crippen LogP contribution is 2.24. The molecular formula is C20H24N2O. The first kappa shape index (κ1) is 15.8. The maximum absolute atomic E-state index is 10.2. The number of pyridine rings is 1. The van der Waals surface area contributed by atoms with Gasteiger partial charge >= 0.3 is 0 Å². The molecule has 0 aliphatic carbocycles. The lowest BCUT2D eigenvalue weighted by Gasteiger charge is -2.09. The minimum atomic E-state index is -0.544. The van der Waals surface area contributed by atoms with Crippen molar-refractivity contribution in [3.8, 4) is 0 Å². The van der Waals surface area contributed by atoms with Gasteiger partial charge in [0, 0.05) is 12.6 Å². The van der Waals surface area contributed by atoms with Crippen LogP contribution in [0.4, 0.5) is 0 Å². The SMILES string of the molecule is Cc1ccn2c(C(C)O)c(Cc3ccc(C(C)C)cc3)nc2c1. The fraction of sp³-hybridized carbons (Fsp3) is 0.350. The number of benzene rings is 1. The molecule has 0 aliphatic heterocycles. The maximum Gasteiger partial charge on any atom is 0.137 e. The molecule has 2 heterocycles. The lowest BCUT2D eigenvalue weighted by Crippen LogP contribution is -2.02. The van der Waals surface area contributed by atoms with Gasteiger partial charge in [0.2, 0.25) is 0 Å². The van der Waals surface area contributed by atoms with Gasteiger partial charge in [-0.1, -0.05) is 38.1 Å². The fourth-order valence-electron chi connectivity index (χ4n) is 3.00. The summed E-state index contributed by atoms with van der Waals surface area (Å²) in [6.45, 7) is 8.26. The molecule has 0 spiro atoms. The Labute approximate surface area is 137 Å². The molecule has 0 bridgehead atoms. The Morgan fingerprint density at radius 2 is 1.78 bits per heavy atom. The second-order valence-electron chi connectivity index (χ2n) is 6.63. The van der Waals surface area contributed by atoms with Crippen molar-refractivity contribution >= 4 is 5.65 Å². The Hall–Kier alpha value is -2.13. The predicted octanol–water partition coefficient (Wildman–Crippen LogP) is 4.41. The summed E-state index contributed by atoms with van der Waals surface area (Å²) in [6.07, 6.45) is 2.18. The van der Waals surface area contributed by atoms with E-state index in [-0.39, 0.29) is 0 Å². The third-order valence-electron chi connectivity index (χ3n) is 4.31. The zero-order chi connectivity index (χ0) is 16.6. The van der Waals surface area contributed by atoms with Gasteiger partial charge in [-0.05, 0) is 48.6 Å². The minimum absolute atomic E-state index is 0.537. The maximum atomic E-state index is 10.2. The van der Waals surface area contributed by atoms with Crippen LogP contribution in [0.2, 0.25) is 0 Å². The Balaban J connectivity index is 2.00. The summed E-state index contributed by atoms with van der Waals surface area (Å²) in [5, 5.41) is 10.2. The van der Waals surface area contributed by atoms with Gasteiger partial charge in [0.1, 0.15) is 5.65 Å². The lowest BCUT2D eigenvalue weighted by molar-refractivity contribution is 0.192. The van der Waals surface area contributed by atoms with Crippen molar-refractivity contribution in [1.29, 1.82) is 0 Å². The Bertz CT molecular complexity index is 814. The van der Waals surface area contributed by atoms with E-state index >= 15 is 0 Å². The topological polar surface area (TPSA) is 37.5 Å². The van der Waals surface area contributed by atoms with Gasteiger partial charge in [0.25, 0.3) is 0 Å². The van der Waals surface area contributed by atoms with E-state index in [4.69, 9.17) is 4.98 Å². The normalized spacial score (nSPS) is 13.0. The van der Waals surface area contributed by atoms with E-state index in [2.05, 4.69) is 51.1 Å². The number of aromatic nitrogens is 2. The van der Waals surface area contributed by atoms with E-state index in [9.17, 15) is 5.11 Å². The summed E-state index contributed by atoms with van der Waals surface area (Å²) in [7, 11) is 0. The summed E-state index contributed by atoms with van der Waals surface area (Å²) < 4.78 is 2.00. The number of aliphatic hydroxyl groups excluding tert-OH is 1. The number of nitrogens with zero attached hydrogens (tertiary/aromatic N) is 2. The van der Waals surface area contributed by atoms with Gasteiger partial charge in [-0.25, -0.2) is 4.98 Å². The second kappa shape index (κ2) is 6.17. The zero-order valence-corrected chi connectivity index (χ0v) is 14.2. The van der Waals surface area contributed by atoms with Crippen molar-refractivity contribution < 1.29 is 5.11 Å². The van der Waals surface area contributed by atoms with E-state index in [0.29, 0.717) is 5.92 Å². The van der Waals surface area contributed by atoms with Crippen molar-refractivity contribution in [3.63, 3.8) is 0 Å². The minimum Gasteiger partial charge on any atom is -0.387 e. The summed E-state index contributed by atoms with van der Waals surface area (Å²) in [4.78, 5) is 4.75. The van der Waals surface area contributed by atoms with Gasteiger partial charge in [0.15, 0.2) is 0 Å². The number of aryl methyl sites for hydroxylation is 1. The predicted molar refractivity (Wildman–Crippen MR) is 93.9 cm³/mol. The van der Waals surface area contributed by atoms with E-state index in [1.807, 2.05) is 16.7 Å². The highest BCUT2D eigenvalue weighted by molar-refractivity contribution is 5.47. The smallest absolute Gasteiger partial charge is 0.137 e. The van der Waals surface area contributed by atoms with Crippen molar-refractivity contribution in [2.24, 2.45) is 0 Å². The molecular weight excluding hydrogens is 284 g/mol. The van der Waals surface area contributed by atoms with Crippen LogP contribution in [0, 0.1) is 6.92 Å². The summed E-state index contributed by atoms with van der Waals surface area (Å²) in [5.41, 5.74) is 6.46. The molecule has 0 radical (unpaired) electrons. The molecule has 1 aromatic carbocycles. The Kier molecular flexibility index (Phi) is 4.22. The van der Waals surface area contributed by atoms with Crippen molar-refractivity contribution in [2.45, 2.75) is 46.1 Å². The first-order valence-electron chi connectivity index (χ1n) is 8.20. The molecule has 1 atom stereocenters. The zero-order valence-electron chi connectivity index (χ0n) is 14.2. The van der Waals surface area contributed by atoms with Crippen LogP contribution in [0.3, 0.4) is 0 Å². The first-order valence-corrected chi connectivity index (χ1v) is 8.20. The number of rotatable bonds is 4. The number of imidazole rings is 1. The van der Waals surface area contributed by atoms with E-state index < -0.39 is 6.10 Å². The van der Waals surface area contributed by atoms with Crippen LogP contribution in [0.5, 0.6) is 0 Å². The van der Waals surface area contributed by atoms with Crippen LogP contribution in [-0.4, -0.2) is 14.5 Å². The summed E-state index contributed by atoms with van der Waals surface area (Å²) in [6, 6.07) is 12.8. The first-order chi connectivity index (χ1) is 11.0. The fourth-order valence-corrected chi connectivity index (χ4v) is 3.00. The number of hydrogen-bond acceptors (Lipinski definition) is 2. The largest absolute Gasteiger partial charge is 0.387 e. The Morgan fingerprint density at radius 1 is 1.09 bits per heavy atom. The number of fused-ring (bicyclic) bond motifs is 1. The molecule has 3 heteroatoms. The van der Waals surface area contributed by atoms with Gasteiger partial charge in [-0.2, -0.15) is 0 Å². The van der Waals surface area contributed by atoms with Gasteiger partial charge in [-0.3, -0.25) is 0 Å². The molecule has 0 amide bonds. The highest BCUT2D eigenvalue weighted by Gasteiger charge is 2.16. The summed E-state index contributed by atoms with van der Waals surface area (Å²) in [5.74, 6) is 0.537. The third kappa shape index (κ3) is 3.15. The van der Waals surface area contributed by atoms with E-state index in [0.717, 1.165) is 23.5 Å². The molecule has 0 saturated heterocycles. The monoisotopic (exact) mass is 308 g/mol. The average molecular weight is 308 g/mol. The molecule has 0 aliphatic rings. The van der Waals surface area contributed by atoms with E-state index in [1.54, 1.807) is 6.92 Å². The second-order valence-corrected chi connectivity index (χ2v) is 6.63. The van der Waals surface area contributed by atoms with Crippen LogP contribution in [0.25, 0.3) is 5.65 Å². The average Bonchev–Trinajstić information content (AvgIpc) is 2.84. The molecule has 120 valence electrons. The van der Waals surface area contributed by atoms with Gasteiger partial charge in [0.05, 0.1) is 17.5 Å². The molecule has 0 saturated carbocycles. The molecule has 0 fully saturated rings. The van der Waals surface area contributed by atoms with Crippen LogP contribution in [0.1, 0.15) is 60.9 Å². The quantitative estimate of drug-likeness (QED) is 0.775. The molecule has 3 nitrogen and oxygen atoms in total. The van der Waals surface area contributed by atoms with Gasteiger partial charge < -0.3 is 9.51 Å². The Morgan fingerprint density at radius 3 is 2.39 bits per heavy atom. The lowest BCUT2D eigenvalue weighted by atomic mass is 9.99. The van der Waals surface area contributed by atoms with Crippen LogP contribution >= 0.6 is 0 Å². The third-order valence-corrected chi connectivity index (χ3v) is 4.31. The molecule has 3 rings (SSSR count). The molecule has 2 aromatic heterocycles. The van der Waals surface area contributed by atoms with Crippen molar-refractivity contribution in [2.75, 3.05) is 0 Å². The standard InChI is InChI=1S/C20H24N2O/c1-13(2)17-7-5-16(6-8-17)12-18-20(15(4)23)22-10-9-14(3)11-19(22)21-18/h5-11,13,15,23H,12H2,1-4H3. The van der Waals surface area contributed by atoms with Crippen LogP contribution < -0.4 is 0 Å². The molecule has 1 unspecified atom stereocenters. The molecule has 3 aromatic rings. The molecule has 23 heavy (non-hydrogen) atoms. The van der Waals surface area contributed by atoms with Crippen LogP contribution in [-0.2, 0) is 6.42 Å². The summed E-state index contributed by atoms with van der Waals surface area (Å²) >= 11 is 0. The van der Waals surface area contributed by atoms with Crippen molar-refractivity contribution in [3.05, 3.63) is 70.7 Å². The molecule has 1 N–H and O–H groups in total. The van der Waals surface area contributed by atoms with Crippen molar-refractivity contribution in [1.82, 2.24) is 9.38 Å². The van der Waals surface area contributed by atoms with Crippen LogP contribution in [0.15, 0.2) is 42.6 Å². The van der Waals surface area contributed by atoms with E-state index in [1.165, 1.54) is 16.7 Å².